The molecule has 2 aliphatic rings. The fourth-order valence-corrected chi connectivity index (χ4v) is 3.34. The highest BCUT2D eigenvalue weighted by atomic mass is 16.2. The van der Waals surface area contributed by atoms with Crippen molar-refractivity contribution in [1.29, 1.82) is 0 Å². The molecule has 0 bridgehead atoms. The normalized spacial score (nSPS) is 20.7. The Labute approximate surface area is 141 Å². The summed E-state index contributed by atoms with van der Waals surface area (Å²) in [5.74, 6) is 0.567. The lowest BCUT2D eigenvalue weighted by molar-refractivity contribution is -0.136. The number of piperazine rings is 1. The van der Waals surface area contributed by atoms with Crippen molar-refractivity contribution in [1.82, 2.24) is 14.7 Å². The first-order valence-corrected chi connectivity index (χ1v) is 9.13. The summed E-state index contributed by atoms with van der Waals surface area (Å²) in [6, 6.07) is 0. The molecular formula is C18H33N3O2. The zero-order valence-corrected chi connectivity index (χ0v) is 15.1. The Morgan fingerprint density at radius 2 is 1.35 bits per heavy atom. The van der Waals surface area contributed by atoms with Crippen molar-refractivity contribution >= 4 is 11.8 Å². The molecule has 0 N–H and O–H groups in total. The van der Waals surface area contributed by atoms with Crippen molar-refractivity contribution in [3.63, 3.8) is 0 Å². The van der Waals surface area contributed by atoms with Crippen molar-refractivity contribution < 1.29 is 9.59 Å². The average molecular weight is 323 g/mol. The Balaban J connectivity index is 1.66. The van der Waals surface area contributed by atoms with Gasteiger partial charge in [-0.2, -0.15) is 0 Å². The fraction of sp³-hybridized carbons (Fsp3) is 0.889. The Hall–Kier alpha value is -1.10. The van der Waals surface area contributed by atoms with Gasteiger partial charge in [0, 0.05) is 58.7 Å². The Kier molecular flexibility index (Phi) is 6.45. The van der Waals surface area contributed by atoms with Gasteiger partial charge in [0.1, 0.15) is 0 Å². The monoisotopic (exact) mass is 323 g/mol. The summed E-state index contributed by atoms with van der Waals surface area (Å²) in [5, 5.41) is 0. The standard InChI is InChI=1S/C18H33N3O2/c1-18(2,3)15-17(23)21-13-11-19(12-14-21)10-7-16(22)20-8-5-4-6-9-20/h4-15H2,1-3H3. The Morgan fingerprint density at radius 3 is 1.91 bits per heavy atom. The predicted molar refractivity (Wildman–Crippen MR) is 92.1 cm³/mol. The van der Waals surface area contributed by atoms with Crippen molar-refractivity contribution in [2.45, 2.75) is 52.9 Å². The van der Waals surface area contributed by atoms with Crippen LogP contribution in [0.25, 0.3) is 0 Å². The van der Waals surface area contributed by atoms with Crippen LogP contribution in [0, 0.1) is 5.41 Å². The van der Waals surface area contributed by atoms with Gasteiger partial charge in [-0.1, -0.05) is 20.8 Å². The molecule has 2 saturated heterocycles. The van der Waals surface area contributed by atoms with Crippen LogP contribution >= 0.6 is 0 Å². The van der Waals surface area contributed by atoms with Crippen molar-refractivity contribution in [3.05, 3.63) is 0 Å². The summed E-state index contributed by atoms with van der Waals surface area (Å²) in [6.07, 6.45) is 4.80. The Morgan fingerprint density at radius 1 is 0.783 bits per heavy atom. The van der Waals surface area contributed by atoms with Crippen LogP contribution in [-0.4, -0.2) is 72.3 Å². The highest BCUT2D eigenvalue weighted by Crippen LogP contribution is 2.20. The van der Waals surface area contributed by atoms with Gasteiger partial charge in [0.25, 0.3) is 0 Å². The third kappa shape index (κ3) is 6.13. The largest absolute Gasteiger partial charge is 0.343 e. The summed E-state index contributed by atoms with van der Waals surface area (Å²) < 4.78 is 0. The summed E-state index contributed by atoms with van der Waals surface area (Å²) in [6.45, 7) is 12.4. The van der Waals surface area contributed by atoms with Gasteiger partial charge in [-0.05, 0) is 24.7 Å². The molecule has 132 valence electrons. The molecule has 0 spiro atoms. The van der Waals surface area contributed by atoms with Gasteiger partial charge in [-0.3, -0.25) is 14.5 Å². The van der Waals surface area contributed by atoms with Gasteiger partial charge in [0.2, 0.25) is 11.8 Å². The van der Waals surface area contributed by atoms with Crippen LogP contribution in [0.2, 0.25) is 0 Å². The number of hydrogen-bond donors (Lipinski definition) is 0. The number of amides is 2. The number of nitrogens with zero attached hydrogens (tertiary/aromatic N) is 3. The fourth-order valence-electron chi connectivity index (χ4n) is 3.34. The summed E-state index contributed by atoms with van der Waals surface area (Å²) in [4.78, 5) is 30.8. The minimum atomic E-state index is 0.0507. The molecule has 0 saturated carbocycles. The van der Waals surface area contributed by atoms with Gasteiger partial charge in [-0.25, -0.2) is 0 Å². The second-order valence-corrected chi connectivity index (χ2v) is 8.15. The van der Waals surface area contributed by atoms with E-state index < -0.39 is 0 Å². The molecule has 2 rings (SSSR count). The van der Waals surface area contributed by atoms with Crippen LogP contribution < -0.4 is 0 Å². The van der Waals surface area contributed by atoms with E-state index in [-0.39, 0.29) is 11.3 Å². The van der Waals surface area contributed by atoms with Gasteiger partial charge in [0.15, 0.2) is 0 Å². The highest BCUT2D eigenvalue weighted by Gasteiger charge is 2.25. The zero-order valence-electron chi connectivity index (χ0n) is 15.1. The van der Waals surface area contributed by atoms with Crippen LogP contribution in [0.1, 0.15) is 52.9 Å². The lowest BCUT2D eigenvalue weighted by Gasteiger charge is -2.36. The second-order valence-electron chi connectivity index (χ2n) is 8.15. The van der Waals surface area contributed by atoms with Crippen molar-refractivity contribution in [2.75, 3.05) is 45.8 Å². The SMILES string of the molecule is CC(C)(C)CC(=O)N1CCN(CCC(=O)N2CCCCC2)CC1. The molecule has 0 aromatic rings. The van der Waals surface area contributed by atoms with E-state index in [1.54, 1.807) is 0 Å². The van der Waals surface area contributed by atoms with Crippen molar-refractivity contribution in [3.8, 4) is 0 Å². The first kappa shape index (κ1) is 18.2. The summed E-state index contributed by atoms with van der Waals surface area (Å²) >= 11 is 0. The molecule has 5 heteroatoms. The zero-order chi connectivity index (χ0) is 16.9. The molecular weight excluding hydrogens is 290 g/mol. The van der Waals surface area contributed by atoms with Gasteiger partial charge in [-0.15, -0.1) is 0 Å². The molecule has 0 atom stereocenters. The van der Waals surface area contributed by atoms with Gasteiger partial charge >= 0.3 is 0 Å². The van der Waals surface area contributed by atoms with Crippen LogP contribution in [0.4, 0.5) is 0 Å². The summed E-state index contributed by atoms with van der Waals surface area (Å²) in [5.41, 5.74) is 0.0507. The maximum absolute atomic E-state index is 12.2. The van der Waals surface area contributed by atoms with E-state index >= 15 is 0 Å². The number of hydrogen-bond acceptors (Lipinski definition) is 3. The summed E-state index contributed by atoms with van der Waals surface area (Å²) in [7, 11) is 0. The topological polar surface area (TPSA) is 43.9 Å². The number of carbonyl (C=O) groups is 2. The van der Waals surface area contributed by atoms with E-state index in [0.29, 0.717) is 18.7 Å². The average Bonchev–Trinajstić information content (AvgIpc) is 2.52. The van der Waals surface area contributed by atoms with E-state index in [4.69, 9.17) is 0 Å². The first-order chi connectivity index (χ1) is 10.8. The predicted octanol–water partition coefficient (Wildman–Crippen LogP) is 1.97. The van der Waals surface area contributed by atoms with Crippen molar-refractivity contribution in [2.24, 2.45) is 5.41 Å². The van der Waals surface area contributed by atoms with E-state index in [1.807, 2.05) is 9.80 Å². The smallest absolute Gasteiger partial charge is 0.223 e. The van der Waals surface area contributed by atoms with E-state index in [2.05, 4.69) is 25.7 Å². The molecule has 5 nitrogen and oxygen atoms in total. The lowest BCUT2D eigenvalue weighted by Crippen LogP contribution is -2.50. The maximum Gasteiger partial charge on any atom is 0.223 e. The molecule has 2 heterocycles. The van der Waals surface area contributed by atoms with Gasteiger partial charge < -0.3 is 9.80 Å². The molecule has 0 aromatic heterocycles. The van der Waals surface area contributed by atoms with E-state index in [1.165, 1.54) is 6.42 Å². The maximum atomic E-state index is 12.2. The molecule has 2 amide bonds. The number of likely N-dealkylation sites (tertiary alicyclic amines) is 1. The molecule has 0 aromatic carbocycles. The lowest BCUT2D eigenvalue weighted by atomic mass is 9.91. The minimum Gasteiger partial charge on any atom is -0.343 e. The molecule has 0 unspecified atom stereocenters. The molecule has 2 fully saturated rings. The Bertz CT molecular complexity index is 403. The number of rotatable bonds is 4. The molecule has 2 aliphatic heterocycles. The number of piperidine rings is 1. The van der Waals surface area contributed by atoms with Gasteiger partial charge in [0.05, 0.1) is 0 Å². The van der Waals surface area contributed by atoms with Crippen LogP contribution in [-0.2, 0) is 9.59 Å². The third-order valence-electron chi connectivity index (χ3n) is 4.76. The van der Waals surface area contributed by atoms with Crippen LogP contribution in [0.3, 0.4) is 0 Å². The quantitative estimate of drug-likeness (QED) is 0.794. The molecule has 23 heavy (non-hydrogen) atoms. The number of carbonyl (C=O) groups excluding carboxylic acids is 2. The molecule has 0 radical (unpaired) electrons. The van der Waals surface area contributed by atoms with Crippen LogP contribution in [0.5, 0.6) is 0 Å². The third-order valence-corrected chi connectivity index (χ3v) is 4.76. The second kappa shape index (κ2) is 8.13. The van der Waals surface area contributed by atoms with Crippen LogP contribution in [0.15, 0.2) is 0 Å². The van der Waals surface area contributed by atoms with E-state index in [9.17, 15) is 9.59 Å². The first-order valence-electron chi connectivity index (χ1n) is 9.13. The molecule has 0 aliphatic carbocycles. The highest BCUT2D eigenvalue weighted by molar-refractivity contribution is 5.77. The van der Waals surface area contributed by atoms with E-state index in [0.717, 1.165) is 58.7 Å². The minimum absolute atomic E-state index is 0.0507.